The van der Waals surface area contributed by atoms with E-state index in [4.69, 9.17) is 9.47 Å². The summed E-state index contributed by atoms with van der Waals surface area (Å²) in [6.45, 7) is 8.36. The third kappa shape index (κ3) is 7.70. The number of amides is 2. The van der Waals surface area contributed by atoms with Crippen LogP contribution in [0.25, 0.3) is 0 Å². The molecule has 0 aliphatic heterocycles. The molecule has 0 unspecified atom stereocenters. The molecule has 0 saturated carbocycles. The van der Waals surface area contributed by atoms with Crippen LogP contribution in [0.15, 0.2) is 47.4 Å². The fourth-order valence-corrected chi connectivity index (χ4v) is 4.16. The smallest absolute Gasteiger partial charge is 0.412 e. The zero-order valence-corrected chi connectivity index (χ0v) is 20.7. The van der Waals surface area contributed by atoms with E-state index in [1.807, 2.05) is 0 Å². The topological polar surface area (TPSA) is 123 Å². The summed E-state index contributed by atoms with van der Waals surface area (Å²) < 4.78 is 52.3. The number of anilines is 2. The first-order valence-corrected chi connectivity index (χ1v) is 12.0. The molecule has 186 valence electrons. The van der Waals surface area contributed by atoms with Crippen LogP contribution in [-0.2, 0) is 19.6 Å². The van der Waals surface area contributed by atoms with Gasteiger partial charge >= 0.3 is 6.09 Å². The van der Waals surface area contributed by atoms with Crippen molar-refractivity contribution in [1.82, 2.24) is 4.72 Å². The molecule has 0 spiro atoms. The minimum Gasteiger partial charge on any atom is -0.497 e. The summed E-state index contributed by atoms with van der Waals surface area (Å²) in [5.41, 5.74) is -0.823. The molecule has 2 aromatic rings. The van der Waals surface area contributed by atoms with Gasteiger partial charge in [0.05, 0.1) is 17.7 Å². The Labute approximate surface area is 199 Å². The zero-order valence-electron chi connectivity index (χ0n) is 19.9. The standard InChI is InChI=1S/C23H30FN3O6S/c1-14(2)20(27-34(30,31)17-10-8-16(32-6)9-11-17)21(28)25-15-7-12-18(24)19(13-15)26-22(29)33-23(3,4)5/h7-14,20,27H,1-6H3,(H,25,28)(H,26,29)/t20-/m0/s1. The second-order valence-corrected chi connectivity index (χ2v) is 10.5. The molecule has 0 radical (unpaired) electrons. The first-order valence-electron chi connectivity index (χ1n) is 10.5. The zero-order chi connectivity index (χ0) is 25.7. The predicted octanol–water partition coefficient (Wildman–Crippen LogP) is 4.12. The lowest BCUT2D eigenvalue weighted by molar-refractivity contribution is -0.118. The summed E-state index contributed by atoms with van der Waals surface area (Å²) >= 11 is 0. The van der Waals surface area contributed by atoms with Gasteiger partial charge in [0.2, 0.25) is 15.9 Å². The Hall–Kier alpha value is -3.18. The predicted molar refractivity (Wildman–Crippen MR) is 127 cm³/mol. The van der Waals surface area contributed by atoms with Gasteiger partial charge in [-0.05, 0) is 69.2 Å². The van der Waals surface area contributed by atoms with Crippen LogP contribution in [0.5, 0.6) is 5.75 Å². The van der Waals surface area contributed by atoms with Crippen molar-refractivity contribution in [3.63, 3.8) is 0 Å². The summed E-state index contributed by atoms with van der Waals surface area (Å²) in [5.74, 6) is -1.30. The second kappa shape index (κ2) is 10.8. The lowest BCUT2D eigenvalue weighted by Gasteiger charge is -2.22. The first-order chi connectivity index (χ1) is 15.7. The largest absolute Gasteiger partial charge is 0.497 e. The summed E-state index contributed by atoms with van der Waals surface area (Å²) in [5, 5.41) is 4.85. The maximum Gasteiger partial charge on any atom is 0.412 e. The highest BCUT2D eigenvalue weighted by molar-refractivity contribution is 7.89. The Kier molecular flexibility index (Phi) is 8.62. The normalized spacial score (nSPS) is 12.7. The number of carbonyl (C=O) groups is 2. The molecule has 9 nitrogen and oxygen atoms in total. The quantitative estimate of drug-likeness (QED) is 0.506. The molecule has 0 fully saturated rings. The monoisotopic (exact) mass is 495 g/mol. The molecule has 0 aliphatic carbocycles. The van der Waals surface area contributed by atoms with Gasteiger partial charge in [-0.1, -0.05) is 13.8 Å². The fourth-order valence-electron chi connectivity index (χ4n) is 2.81. The van der Waals surface area contributed by atoms with Gasteiger partial charge in [0.1, 0.15) is 23.2 Å². The Morgan fingerprint density at radius 1 is 1.00 bits per heavy atom. The number of hydrogen-bond donors (Lipinski definition) is 3. The van der Waals surface area contributed by atoms with E-state index in [-0.39, 0.29) is 16.3 Å². The van der Waals surface area contributed by atoms with Gasteiger partial charge in [-0.25, -0.2) is 17.6 Å². The van der Waals surface area contributed by atoms with Crippen molar-refractivity contribution in [3.8, 4) is 5.75 Å². The highest BCUT2D eigenvalue weighted by atomic mass is 32.2. The third-order valence-corrected chi connectivity index (χ3v) is 5.93. The van der Waals surface area contributed by atoms with Crippen LogP contribution >= 0.6 is 0 Å². The van der Waals surface area contributed by atoms with Crippen LogP contribution in [0, 0.1) is 11.7 Å². The Balaban J connectivity index is 2.18. The van der Waals surface area contributed by atoms with Gasteiger partial charge < -0.3 is 14.8 Å². The van der Waals surface area contributed by atoms with Crippen molar-refractivity contribution in [2.24, 2.45) is 5.92 Å². The van der Waals surface area contributed by atoms with E-state index in [1.54, 1.807) is 34.6 Å². The molecule has 0 aliphatic rings. The van der Waals surface area contributed by atoms with Crippen LogP contribution in [0.1, 0.15) is 34.6 Å². The van der Waals surface area contributed by atoms with Gasteiger partial charge in [0.15, 0.2) is 0 Å². The third-order valence-electron chi connectivity index (χ3n) is 4.47. The minimum absolute atomic E-state index is 0.0302. The number of rotatable bonds is 8. The molecule has 3 N–H and O–H groups in total. The van der Waals surface area contributed by atoms with Crippen molar-refractivity contribution < 1.29 is 31.9 Å². The van der Waals surface area contributed by atoms with E-state index in [0.29, 0.717) is 5.75 Å². The molecular formula is C23H30FN3O6S. The number of methoxy groups -OCH3 is 1. The maximum atomic E-state index is 14.2. The van der Waals surface area contributed by atoms with Crippen LogP contribution < -0.4 is 20.1 Å². The average molecular weight is 496 g/mol. The minimum atomic E-state index is -4.01. The molecule has 2 amide bonds. The molecule has 2 aromatic carbocycles. The molecule has 11 heteroatoms. The van der Waals surface area contributed by atoms with Crippen molar-refractivity contribution in [3.05, 3.63) is 48.3 Å². The van der Waals surface area contributed by atoms with Crippen molar-refractivity contribution >= 4 is 33.4 Å². The van der Waals surface area contributed by atoms with E-state index in [2.05, 4.69) is 15.4 Å². The molecule has 0 heterocycles. The Bertz CT molecular complexity index is 1130. The number of benzene rings is 2. The molecule has 0 aromatic heterocycles. The number of hydrogen-bond acceptors (Lipinski definition) is 6. The molecule has 2 rings (SSSR count). The van der Waals surface area contributed by atoms with E-state index < -0.39 is 45.4 Å². The number of nitrogens with one attached hydrogen (secondary N) is 3. The van der Waals surface area contributed by atoms with Gasteiger partial charge in [0.25, 0.3) is 0 Å². The lowest BCUT2D eigenvalue weighted by Crippen LogP contribution is -2.47. The summed E-state index contributed by atoms with van der Waals surface area (Å²) in [6, 6.07) is 8.17. The number of sulfonamides is 1. The van der Waals surface area contributed by atoms with Crippen LogP contribution in [0.4, 0.5) is 20.6 Å². The Morgan fingerprint density at radius 2 is 1.62 bits per heavy atom. The van der Waals surface area contributed by atoms with E-state index in [9.17, 15) is 22.4 Å². The summed E-state index contributed by atoms with van der Waals surface area (Å²) in [6.07, 6.45) is -0.859. The number of carbonyl (C=O) groups excluding carboxylic acids is 2. The van der Waals surface area contributed by atoms with E-state index >= 15 is 0 Å². The maximum absolute atomic E-state index is 14.2. The number of ether oxygens (including phenoxy) is 2. The second-order valence-electron chi connectivity index (χ2n) is 8.83. The lowest BCUT2D eigenvalue weighted by atomic mass is 10.0. The van der Waals surface area contributed by atoms with Crippen LogP contribution in [0.3, 0.4) is 0 Å². The van der Waals surface area contributed by atoms with Crippen LogP contribution in [0.2, 0.25) is 0 Å². The van der Waals surface area contributed by atoms with Crippen molar-refractivity contribution in [1.29, 1.82) is 0 Å². The molecule has 0 bridgehead atoms. The summed E-state index contributed by atoms with van der Waals surface area (Å²) in [4.78, 5) is 24.8. The van der Waals surface area contributed by atoms with E-state index in [0.717, 1.165) is 6.07 Å². The van der Waals surface area contributed by atoms with Gasteiger partial charge in [0, 0.05) is 5.69 Å². The van der Waals surface area contributed by atoms with Crippen molar-refractivity contribution in [2.45, 2.75) is 51.2 Å². The van der Waals surface area contributed by atoms with Crippen molar-refractivity contribution in [2.75, 3.05) is 17.7 Å². The van der Waals surface area contributed by atoms with Crippen LogP contribution in [-0.4, -0.2) is 39.2 Å². The Morgan fingerprint density at radius 3 is 2.15 bits per heavy atom. The molecule has 34 heavy (non-hydrogen) atoms. The van der Waals surface area contributed by atoms with Gasteiger partial charge in [-0.3, -0.25) is 10.1 Å². The summed E-state index contributed by atoms with van der Waals surface area (Å²) in [7, 11) is -2.55. The highest BCUT2D eigenvalue weighted by Crippen LogP contribution is 2.22. The fraction of sp³-hybridized carbons (Fsp3) is 0.391. The van der Waals surface area contributed by atoms with Gasteiger partial charge in [-0.15, -0.1) is 0 Å². The SMILES string of the molecule is COc1ccc(S(=O)(=O)N[C@H](C(=O)Nc2ccc(F)c(NC(=O)OC(C)(C)C)c2)C(C)C)cc1. The average Bonchev–Trinajstić information content (AvgIpc) is 2.73. The molecular weight excluding hydrogens is 465 g/mol. The highest BCUT2D eigenvalue weighted by Gasteiger charge is 2.29. The number of halogens is 1. The molecule has 1 atom stereocenters. The van der Waals surface area contributed by atoms with E-state index in [1.165, 1.54) is 43.5 Å². The molecule has 0 saturated heterocycles. The first kappa shape index (κ1) is 27.1. The van der Waals surface area contributed by atoms with Gasteiger partial charge in [-0.2, -0.15) is 4.72 Å².